The molecule has 134 valence electrons. The van der Waals surface area contributed by atoms with Crippen molar-refractivity contribution in [2.75, 3.05) is 5.32 Å². The number of benzene rings is 3. The van der Waals surface area contributed by atoms with E-state index in [9.17, 15) is 0 Å². The summed E-state index contributed by atoms with van der Waals surface area (Å²) >= 11 is 7.90. The van der Waals surface area contributed by atoms with Crippen molar-refractivity contribution >= 4 is 29.1 Å². The van der Waals surface area contributed by atoms with Crippen molar-refractivity contribution in [2.24, 2.45) is 0 Å². The lowest BCUT2D eigenvalue weighted by Crippen LogP contribution is -2.00. The number of nitrogens with zero attached hydrogens (tertiary/aromatic N) is 2. The van der Waals surface area contributed by atoms with E-state index in [4.69, 9.17) is 16.0 Å². The van der Waals surface area contributed by atoms with Gasteiger partial charge in [0, 0.05) is 15.5 Å². The first-order chi connectivity index (χ1) is 13.3. The molecule has 4 nitrogen and oxygen atoms in total. The molecular weight excluding hydrogens is 378 g/mol. The number of rotatable bonds is 6. The summed E-state index contributed by atoms with van der Waals surface area (Å²) in [7, 11) is 0. The molecule has 6 heteroatoms. The van der Waals surface area contributed by atoms with Gasteiger partial charge in [0.1, 0.15) is 0 Å². The van der Waals surface area contributed by atoms with Crippen LogP contribution >= 0.6 is 23.4 Å². The number of hydrogen-bond acceptors (Lipinski definition) is 5. The number of aromatic nitrogens is 2. The summed E-state index contributed by atoms with van der Waals surface area (Å²) in [5.41, 5.74) is 1.75. The van der Waals surface area contributed by atoms with Crippen LogP contribution < -0.4 is 5.32 Å². The second-order valence-corrected chi connectivity index (χ2v) is 7.27. The molecule has 0 aliphatic carbocycles. The Bertz CT molecular complexity index is 1040. The van der Waals surface area contributed by atoms with E-state index in [1.165, 1.54) is 4.90 Å². The van der Waals surface area contributed by atoms with Crippen LogP contribution in [0.15, 0.2) is 93.1 Å². The molecule has 1 N–H and O–H groups in total. The lowest BCUT2D eigenvalue weighted by molar-refractivity contribution is 0.515. The quantitative estimate of drug-likeness (QED) is 0.425. The van der Waals surface area contributed by atoms with Crippen LogP contribution in [0.1, 0.15) is 5.89 Å². The third-order valence-corrected chi connectivity index (χ3v) is 5.27. The van der Waals surface area contributed by atoms with Gasteiger partial charge in [-0.15, -0.1) is 10.2 Å². The van der Waals surface area contributed by atoms with Crippen molar-refractivity contribution in [2.45, 2.75) is 16.3 Å². The van der Waals surface area contributed by atoms with E-state index >= 15 is 0 Å². The van der Waals surface area contributed by atoms with Gasteiger partial charge in [-0.2, -0.15) is 0 Å². The first-order valence-electron chi connectivity index (χ1n) is 8.43. The van der Waals surface area contributed by atoms with Crippen LogP contribution in [0.25, 0.3) is 11.5 Å². The van der Waals surface area contributed by atoms with Gasteiger partial charge in [0.25, 0.3) is 0 Å². The number of halogens is 1. The molecule has 1 heterocycles. The van der Waals surface area contributed by atoms with E-state index in [1.807, 2.05) is 54.6 Å². The molecule has 4 rings (SSSR count). The molecule has 0 amide bonds. The van der Waals surface area contributed by atoms with E-state index in [0.29, 0.717) is 23.3 Å². The van der Waals surface area contributed by atoms with Gasteiger partial charge in [-0.05, 0) is 36.4 Å². The number of anilines is 1. The highest BCUT2D eigenvalue weighted by atomic mass is 35.5. The van der Waals surface area contributed by atoms with Crippen LogP contribution in [0.5, 0.6) is 0 Å². The molecule has 0 atom stereocenters. The van der Waals surface area contributed by atoms with Gasteiger partial charge in [0.2, 0.25) is 11.8 Å². The average Bonchev–Trinajstić information content (AvgIpc) is 3.17. The lowest BCUT2D eigenvalue weighted by Gasteiger charge is -2.10. The summed E-state index contributed by atoms with van der Waals surface area (Å²) in [6.45, 7) is 0.434. The Hall–Kier alpha value is -2.76. The molecule has 4 aromatic rings. The molecular formula is C21H16ClN3OS. The molecule has 0 spiro atoms. The van der Waals surface area contributed by atoms with E-state index in [-0.39, 0.29) is 0 Å². The summed E-state index contributed by atoms with van der Waals surface area (Å²) < 4.78 is 5.75. The molecule has 0 radical (unpaired) electrons. The number of hydrogen-bond donors (Lipinski definition) is 1. The van der Waals surface area contributed by atoms with Gasteiger partial charge in [-0.25, -0.2) is 0 Å². The predicted molar refractivity (Wildman–Crippen MR) is 109 cm³/mol. The SMILES string of the molecule is Clc1ccccc1-c1nnc(CNc2ccccc2Sc2ccccc2)o1. The zero-order valence-electron chi connectivity index (χ0n) is 14.3. The first kappa shape index (κ1) is 17.6. The van der Waals surface area contributed by atoms with Crippen molar-refractivity contribution in [1.29, 1.82) is 0 Å². The van der Waals surface area contributed by atoms with Crippen LogP contribution in [0.2, 0.25) is 5.02 Å². The molecule has 0 fully saturated rings. The Balaban J connectivity index is 1.48. The van der Waals surface area contributed by atoms with E-state index < -0.39 is 0 Å². The van der Waals surface area contributed by atoms with E-state index in [0.717, 1.165) is 16.1 Å². The maximum atomic E-state index is 6.19. The summed E-state index contributed by atoms with van der Waals surface area (Å²) in [5, 5.41) is 12.2. The Labute approximate surface area is 166 Å². The fourth-order valence-corrected chi connectivity index (χ4v) is 3.72. The highest BCUT2D eigenvalue weighted by molar-refractivity contribution is 7.99. The monoisotopic (exact) mass is 393 g/mol. The van der Waals surface area contributed by atoms with Crippen molar-refractivity contribution in [3.8, 4) is 11.5 Å². The predicted octanol–water partition coefficient (Wildman–Crippen LogP) is 6.15. The Morgan fingerprint density at radius 1 is 0.852 bits per heavy atom. The fraction of sp³-hybridized carbons (Fsp3) is 0.0476. The van der Waals surface area contributed by atoms with Crippen molar-refractivity contribution < 1.29 is 4.42 Å². The van der Waals surface area contributed by atoms with Crippen molar-refractivity contribution in [3.05, 3.63) is 89.8 Å². The minimum absolute atomic E-state index is 0.421. The minimum atomic E-state index is 0.421. The Morgan fingerprint density at radius 2 is 1.59 bits per heavy atom. The van der Waals surface area contributed by atoms with Gasteiger partial charge >= 0.3 is 0 Å². The molecule has 1 aromatic heterocycles. The number of nitrogens with one attached hydrogen (secondary N) is 1. The summed E-state index contributed by atoms with van der Waals surface area (Å²) in [6, 6.07) is 25.8. The molecule has 0 unspecified atom stereocenters. The fourth-order valence-electron chi connectivity index (χ4n) is 2.56. The van der Waals surface area contributed by atoms with E-state index in [2.05, 4.69) is 33.7 Å². The third kappa shape index (κ3) is 4.32. The highest BCUT2D eigenvalue weighted by Gasteiger charge is 2.12. The topological polar surface area (TPSA) is 51.0 Å². The highest BCUT2D eigenvalue weighted by Crippen LogP contribution is 2.33. The normalized spacial score (nSPS) is 10.7. The van der Waals surface area contributed by atoms with Crippen LogP contribution in [-0.2, 0) is 6.54 Å². The molecule has 0 saturated carbocycles. The van der Waals surface area contributed by atoms with Crippen LogP contribution in [0, 0.1) is 0 Å². The second-order valence-electron chi connectivity index (χ2n) is 5.75. The smallest absolute Gasteiger partial charge is 0.249 e. The molecule has 0 saturated heterocycles. The third-order valence-electron chi connectivity index (χ3n) is 3.86. The van der Waals surface area contributed by atoms with Crippen LogP contribution in [0.3, 0.4) is 0 Å². The van der Waals surface area contributed by atoms with Gasteiger partial charge in [-0.1, -0.05) is 65.8 Å². The maximum absolute atomic E-state index is 6.19. The van der Waals surface area contributed by atoms with E-state index in [1.54, 1.807) is 17.8 Å². The zero-order valence-corrected chi connectivity index (χ0v) is 15.9. The summed E-state index contributed by atoms with van der Waals surface area (Å²) in [5.74, 6) is 0.925. The van der Waals surface area contributed by atoms with Gasteiger partial charge in [-0.3, -0.25) is 0 Å². The van der Waals surface area contributed by atoms with Gasteiger partial charge < -0.3 is 9.73 Å². The first-order valence-corrected chi connectivity index (χ1v) is 9.62. The molecule has 0 aliphatic rings. The van der Waals surface area contributed by atoms with Crippen LogP contribution in [0.4, 0.5) is 5.69 Å². The largest absolute Gasteiger partial charge is 0.419 e. The maximum Gasteiger partial charge on any atom is 0.249 e. The van der Waals surface area contributed by atoms with Gasteiger partial charge in [0.05, 0.1) is 17.1 Å². The molecule has 0 bridgehead atoms. The zero-order chi connectivity index (χ0) is 18.5. The standard InChI is InChI=1S/C21H16ClN3OS/c22-17-11-5-4-10-16(17)21-25-24-20(26-21)14-23-18-12-6-7-13-19(18)27-15-8-2-1-3-9-15/h1-13,23H,14H2. The van der Waals surface area contributed by atoms with Crippen LogP contribution in [-0.4, -0.2) is 10.2 Å². The molecule has 27 heavy (non-hydrogen) atoms. The minimum Gasteiger partial charge on any atom is -0.419 e. The Morgan fingerprint density at radius 3 is 2.44 bits per heavy atom. The summed E-state index contributed by atoms with van der Waals surface area (Å²) in [4.78, 5) is 2.32. The lowest BCUT2D eigenvalue weighted by atomic mass is 10.2. The average molecular weight is 394 g/mol. The summed E-state index contributed by atoms with van der Waals surface area (Å²) in [6.07, 6.45) is 0. The molecule has 3 aromatic carbocycles. The van der Waals surface area contributed by atoms with Crippen molar-refractivity contribution in [1.82, 2.24) is 10.2 Å². The number of para-hydroxylation sites is 1. The molecule has 0 aliphatic heterocycles. The second kappa shape index (κ2) is 8.29. The van der Waals surface area contributed by atoms with Crippen molar-refractivity contribution in [3.63, 3.8) is 0 Å². The van der Waals surface area contributed by atoms with Gasteiger partial charge in [0.15, 0.2) is 0 Å². The Kier molecular flexibility index (Phi) is 5.42.